The molecule has 5 rings (SSSR count). The van der Waals surface area contributed by atoms with E-state index in [9.17, 15) is 14.7 Å². The minimum absolute atomic E-state index is 0.0135. The number of methoxy groups -OCH3 is 1. The molecule has 0 spiro atoms. The van der Waals surface area contributed by atoms with Gasteiger partial charge in [0.15, 0.2) is 0 Å². The molecule has 1 saturated carbocycles. The van der Waals surface area contributed by atoms with E-state index in [1.807, 2.05) is 51.1 Å². The van der Waals surface area contributed by atoms with E-state index in [1.54, 1.807) is 4.90 Å². The zero-order valence-electron chi connectivity index (χ0n) is 25.4. The molecule has 2 fully saturated rings. The van der Waals surface area contributed by atoms with Crippen molar-refractivity contribution < 1.29 is 28.9 Å². The smallest absolute Gasteiger partial charge is 0.410 e. The van der Waals surface area contributed by atoms with Gasteiger partial charge in [-0.3, -0.25) is 0 Å². The summed E-state index contributed by atoms with van der Waals surface area (Å²) in [6.45, 7) is 7.21. The van der Waals surface area contributed by atoms with Crippen LogP contribution in [0.1, 0.15) is 87.6 Å². The van der Waals surface area contributed by atoms with Crippen LogP contribution in [0.2, 0.25) is 0 Å². The van der Waals surface area contributed by atoms with E-state index in [1.165, 1.54) is 31.9 Å². The topological polar surface area (TPSA) is 90.2 Å². The van der Waals surface area contributed by atoms with Crippen LogP contribution in [-0.2, 0) is 16.0 Å². The zero-order valence-corrected chi connectivity index (χ0v) is 25.4. The highest BCUT2D eigenvalue weighted by Gasteiger charge is 2.30. The van der Waals surface area contributed by atoms with Crippen molar-refractivity contribution in [2.24, 2.45) is 0 Å². The number of aromatic nitrogens is 1. The lowest BCUT2D eigenvalue weighted by molar-refractivity contribution is 0.00775. The predicted molar refractivity (Wildman–Crippen MR) is 163 cm³/mol. The number of amides is 1. The lowest BCUT2D eigenvalue weighted by Crippen LogP contribution is -2.46. The Kier molecular flexibility index (Phi) is 9.11. The van der Waals surface area contributed by atoms with Crippen molar-refractivity contribution in [3.05, 3.63) is 53.6 Å². The molecule has 1 unspecified atom stereocenters. The number of fused-ring (bicyclic) bond motifs is 1. The SMILES string of the molecule is COC(=O)c1ccc2c(C3CCCCC3)c(-c3ccc(OC4CCCN(C(=O)OC(C)(C)C)C4)cc3)n(CCO)c2c1. The minimum atomic E-state index is -0.531. The quantitative estimate of drug-likeness (QED) is 0.307. The normalized spacial score (nSPS) is 18.2. The van der Waals surface area contributed by atoms with Crippen molar-refractivity contribution in [2.45, 2.75) is 89.9 Å². The number of esters is 1. The van der Waals surface area contributed by atoms with Crippen LogP contribution < -0.4 is 4.74 Å². The lowest BCUT2D eigenvalue weighted by atomic mass is 9.82. The predicted octanol–water partition coefficient (Wildman–Crippen LogP) is 6.91. The number of rotatable bonds is 7. The van der Waals surface area contributed by atoms with Crippen molar-refractivity contribution in [1.29, 1.82) is 0 Å². The molecule has 0 bridgehead atoms. The molecule has 42 heavy (non-hydrogen) atoms. The average molecular weight is 577 g/mol. The van der Waals surface area contributed by atoms with E-state index in [-0.39, 0.29) is 24.8 Å². The maximum atomic E-state index is 12.6. The van der Waals surface area contributed by atoms with Gasteiger partial charge in [0.1, 0.15) is 17.5 Å². The molecule has 1 atom stereocenters. The fourth-order valence-corrected chi connectivity index (χ4v) is 6.48. The Hall–Kier alpha value is -3.52. The number of benzene rings is 2. The summed E-state index contributed by atoms with van der Waals surface area (Å²) in [7, 11) is 1.39. The zero-order chi connectivity index (χ0) is 29.9. The summed E-state index contributed by atoms with van der Waals surface area (Å²) in [5.74, 6) is 0.799. The van der Waals surface area contributed by atoms with E-state index in [0.717, 1.165) is 53.6 Å². The molecular weight excluding hydrogens is 532 g/mol. The van der Waals surface area contributed by atoms with Crippen LogP contribution >= 0.6 is 0 Å². The number of hydrogen-bond acceptors (Lipinski definition) is 6. The van der Waals surface area contributed by atoms with Crippen molar-refractivity contribution in [3.63, 3.8) is 0 Å². The van der Waals surface area contributed by atoms with E-state index < -0.39 is 5.60 Å². The van der Waals surface area contributed by atoms with Gasteiger partial charge in [-0.15, -0.1) is 0 Å². The second-order valence-corrected chi connectivity index (χ2v) is 12.5. The van der Waals surface area contributed by atoms with Gasteiger partial charge in [0.25, 0.3) is 0 Å². The molecule has 2 aromatic carbocycles. The molecular formula is C34H44N2O6. The van der Waals surface area contributed by atoms with Crippen LogP contribution in [0.15, 0.2) is 42.5 Å². The molecule has 1 amide bonds. The van der Waals surface area contributed by atoms with Crippen LogP contribution in [0.5, 0.6) is 5.75 Å². The molecule has 0 radical (unpaired) electrons. The number of aliphatic hydroxyl groups is 1. The molecule has 1 N–H and O–H groups in total. The minimum Gasteiger partial charge on any atom is -0.489 e. The summed E-state index contributed by atoms with van der Waals surface area (Å²) >= 11 is 0. The van der Waals surface area contributed by atoms with Crippen molar-refractivity contribution in [1.82, 2.24) is 9.47 Å². The van der Waals surface area contributed by atoms with Crippen LogP contribution in [-0.4, -0.2) is 65.1 Å². The second-order valence-electron chi connectivity index (χ2n) is 12.5. The summed E-state index contributed by atoms with van der Waals surface area (Å²) in [6, 6.07) is 13.9. The number of ether oxygens (including phenoxy) is 3. The highest BCUT2D eigenvalue weighted by molar-refractivity contribution is 5.98. The van der Waals surface area contributed by atoms with Gasteiger partial charge in [0, 0.05) is 24.0 Å². The number of nitrogens with zero attached hydrogens (tertiary/aromatic N) is 2. The van der Waals surface area contributed by atoms with Crippen molar-refractivity contribution in [2.75, 3.05) is 26.8 Å². The summed E-state index contributed by atoms with van der Waals surface area (Å²) in [5, 5.41) is 11.2. The number of aliphatic hydroxyl groups excluding tert-OH is 1. The van der Waals surface area contributed by atoms with Crippen LogP contribution in [0.4, 0.5) is 4.79 Å². The largest absolute Gasteiger partial charge is 0.489 e. The number of carbonyl (C=O) groups excluding carboxylic acids is 2. The van der Waals surface area contributed by atoms with E-state index in [4.69, 9.17) is 14.2 Å². The first-order valence-corrected chi connectivity index (χ1v) is 15.3. The van der Waals surface area contributed by atoms with Crippen LogP contribution in [0.3, 0.4) is 0 Å². The van der Waals surface area contributed by atoms with Gasteiger partial charge < -0.3 is 28.8 Å². The molecule has 2 heterocycles. The molecule has 1 aliphatic carbocycles. The second kappa shape index (κ2) is 12.8. The number of hydrogen-bond donors (Lipinski definition) is 1. The third-order valence-electron chi connectivity index (χ3n) is 8.32. The first-order valence-electron chi connectivity index (χ1n) is 15.3. The lowest BCUT2D eigenvalue weighted by Gasteiger charge is -2.34. The van der Waals surface area contributed by atoms with Gasteiger partial charge >= 0.3 is 12.1 Å². The fourth-order valence-electron chi connectivity index (χ4n) is 6.48. The molecule has 226 valence electrons. The van der Waals surface area contributed by atoms with Crippen molar-refractivity contribution >= 4 is 23.0 Å². The maximum Gasteiger partial charge on any atom is 0.410 e. The third kappa shape index (κ3) is 6.59. The van der Waals surface area contributed by atoms with Crippen LogP contribution in [0, 0.1) is 0 Å². The molecule has 3 aromatic rings. The van der Waals surface area contributed by atoms with Gasteiger partial charge in [-0.25, -0.2) is 9.59 Å². The Morgan fingerprint density at radius 2 is 1.71 bits per heavy atom. The number of piperidine rings is 1. The Morgan fingerprint density at radius 3 is 2.38 bits per heavy atom. The summed E-state index contributed by atoms with van der Waals surface area (Å²) < 4.78 is 19.1. The first kappa shape index (κ1) is 30.0. The van der Waals surface area contributed by atoms with E-state index in [2.05, 4.69) is 16.7 Å². The van der Waals surface area contributed by atoms with E-state index >= 15 is 0 Å². The number of likely N-dealkylation sites (tertiary alicyclic amines) is 1. The van der Waals surface area contributed by atoms with Gasteiger partial charge in [-0.2, -0.15) is 0 Å². The van der Waals surface area contributed by atoms with Gasteiger partial charge in [0.05, 0.1) is 31.5 Å². The summed E-state index contributed by atoms with van der Waals surface area (Å²) in [6.07, 6.45) is 7.24. The first-order chi connectivity index (χ1) is 20.2. The van der Waals surface area contributed by atoms with Gasteiger partial charge in [-0.1, -0.05) is 25.3 Å². The molecule has 1 aliphatic heterocycles. The molecule has 1 aromatic heterocycles. The highest BCUT2D eigenvalue weighted by Crippen LogP contribution is 2.44. The Labute approximate surface area is 248 Å². The summed E-state index contributed by atoms with van der Waals surface area (Å²) in [5.41, 5.74) is 4.34. The molecule has 2 aliphatic rings. The third-order valence-corrected chi connectivity index (χ3v) is 8.32. The fraction of sp³-hybridized carbons (Fsp3) is 0.529. The summed E-state index contributed by atoms with van der Waals surface area (Å²) in [4.78, 5) is 26.7. The Morgan fingerprint density at radius 1 is 0.976 bits per heavy atom. The van der Waals surface area contributed by atoms with Gasteiger partial charge in [-0.05, 0) is 99.9 Å². The molecule has 1 saturated heterocycles. The van der Waals surface area contributed by atoms with Crippen LogP contribution in [0.25, 0.3) is 22.2 Å². The Balaban J connectivity index is 1.45. The molecule has 8 nitrogen and oxygen atoms in total. The highest BCUT2D eigenvalue weighted by atomic mass is 16.6. The maximum absolute atomic E-state index is 12.6. The number of carbonyl (C=O) groups is 2. The monoisotopic (exact) mass is 576 g/mol. The van der Waals surface area contributed by atoms with E-state index in [0.29, 0.717) is 31.1 Å². The standard InChI is InChI=1S/C34H44N2O6/c1-34(2,3)42-33(39)35-18-8-11-27(22-35)41-26-15-12-24(13-16-26)31-30(23-9-6-5-7-10-23)28-17-14-25(32(38)40-4)21-29(28)36(31)19-20-37/h12-17,21,23,27,37H,5-11,18-20,22H2,1-4H3. The van der Waals surface area contributed by atoms with Gasteiger partial charge in [0.2, 0.25) is 0 Å². The molecule has 8 heteroatoms. The average Bonchev–Trinajstić information content (AvgIpc) is 3.30. The Bertz CT molecular complexity index is 1400. The van der Waals surface area contributed by atoms with Crippen molar-refractivity contribution in [3.8, 4) is 17.0 Å².